The summed E-state index contributed by atoms with van der Waals surface area (Å²) in [5, 5.41) is 13.0. The van der Waals surface area contributed by atoms with Crippen molar-refractivity contribution in [3.63, 3.8) is 0 Å². The molecule has 0 radical (unpaired) electrons. The number of aromatic nitrogens is 4. The smallest absolute Gasteiger partial charge is 0.198 e. The first-order valence-corrected chi connectivity index (χ1v) is 6.69. The fraction of sp³-hybridized carbons (Fsp3) is 0.385. The van der Waals surface area contributed by atoms with E-state index in [1.807, 2.05) is 25.2 Å². The molecule has 0 unspecified atom stereocenters. The molecule has 7 heteroatoms. The summed E-state index contributed by atoms with van der Waals surface area (Å²) in [7, 11) is 1.87. The van der Waals surface area contributed by atoms with E-state index in [0.29, 0.717) is 31.0 Å². The topological polar surface area (TPSA) is 62.7 Å². The van der Waals surface area contributed by atoms with Crippen LogP contribution in [0.2, 0.25) is 0 Å². The molecule has 0 atom stereocenters. The number of nitriles is 1. The molecule has 2 rings (SSSR count). The van der Waals surface area contributed by atoms with Gasteiger partial charge in [0.1, 0.15) is 6.33 Å². The molecular weight excluding hydrogens is 272 g/mol. The van der Waals surface area contributed by atoms with Crippen molar-refractivity contribution in [3.8, 4) is 6.07 Å². The van der Waals surface area contributed by atoms with E-state index in [-0.39, 0.29) is 0 Å². The lowest BCUT2D eigenvalue weighted by molar-refractivity contribution is 0.198. The van der Waals surface area contributed by atoms with Gasteiger partial charge in [-0.1, -0.05) is 6.07 Å². The zero-order valence-corrected chi connectivity index (χ0v) is 12.1. The molecule has 2 aromatic heterocycles. The molecule has 6 nitrogen and oxygen atoms in total. The SMILES string of the molecule is Cn1cnn(CN(CCC#N)Cc2ccccn2)c1=S. The van der Waals surface area contributed by atoms with Gasteiger partial charge >= 0.3 is 0 Å². The largest absolute Gasteiger partial charge is 0.310 e. The van der Waals surface area contributed by atoms with Gasteiger partial charge in [-0.15, -0.1) is 0 Å². The first kappa shape index (κ1) is 14.4. The van der Waals surface area contributed by atoms with Gasteiger partial charge < -0.3 is 4.57 Å². The molecule has 0 aromatic carbocycles. The molecule has 0 aliphatic heterocycles. The molecule has 0 amide bonds. The van der Waals surface area contributed by atoms with E-state index in [1.54, 1.807) is 21.8 Å². The molecule has 0 aliphatic rings. The number of nitrogens with zero attached hydrogens (tertiary/aromatic N) is 6. The molecule has 0 spiro atoms. The van der Waals surface area contributed by atoms with Gasteiger partial charge in [0.2, 0.25) is 0 Å². The third-order valence-electron chi connectivity index (χ3n) is 2.87. The predicted molar refractivity (Wildman–Crippen MR) is 76.9 cm³/mol. The average molecular weight is 288 g/mol. The quantitative estimate of drug-likeness (QED) is 0.757. The van der Waals surface area contributed by atoms with Gasteiger partial charge in [-0.2, -0.15) is 10.4 Å². The maximum Gasteiger partial charge on any atom is 0.198 e. The van der Waals surface area contributed by atoms with Crippen LogP contribution in [0.4, 0.5) is 0 Å². The first-order valence-electron chi connectivity index (χ1n) is 6.28. The Labute approximate surface area is 122 Å². The Morgan fingerprint density at radius 2 is 2.30 bits per heavy atom. The monoisotopic (exact) mass is 288 g/mol. The highest BCUT2D eigenvalue weighted by Gasteiger charge is 2.09. The van der Waals surface area contributed by atoms with Gasteiger partial charge in [0.25, 0.3) is 0 Å². The Kier molecular flexibility index (Phi) is 4.98. The molecule has 2 aromatic rings. The summed E-state index contributed by atoms with van der Waals surface area (Å²) < 4.78 is 4.20. The molecule has 0 saturated carbocycles. The van der Waals surface area contributed by atoms with Crippen molar-refractivity contribution in [2.45, 2.75) is 19.6 Å². The van der Waals surface area contributed by atoms with Crippen LogP contribution in [0.5, 0.6) is 0 Å². The molecule has 2 heterocycles. The van der Waals surface area contributed by atoms with E-state index in [4.69, 9.17) is 17.5 Å². The van der Waals surface area contributed by atoms with E-state index in [2.05, 4.69) is 21.1 Å². The fourth-order valence-electron chi connectivity index (χ4n) is 1.84. The van der Waals surface area contributed by atoms with Gasteiger partial charge in [-0.05, 0) is 24.4 Å². The van der Waals surface area contributed by atoms with Crippen LogP contribution in [0, 0.1) is 16.1 Å². The first-order chi connectivity index (χ1) is 9.70. The van der Waals surface area contributed by atoms with Crippen LogP contribution in [0.15, 0.2) is 30.7 Å². The zero-order chi connectivity index (χ0) is 14.4. The standard InChI is InChI=1S/C13H16N6S/c1-17-10-16-19(13(17)20)11-18(8-4-6-14)9-12-5-2-3-7-15-12/h2-3,5,7,10H,4,8-9,11H2,1H3. The van der Waals surface area contributed by atoms with E-state index >= 15 is 0 Å². The second-order valence-electron chi connectivity index (χ2n) is 4.45. The highest BCUT2D eigenvalue weighted by atomic mass is 32.1. The molecule has 0 aliphatic carbocycles. The Balaban J connectivity index is 2.09. The van der Waals surface area contributed by atoms with Crippen molar-refractivity contribution in [3.05, 3.63) is 41.2 Å². The van der Waals surface area contributed by atoms with Crippen molar-refractivity contribution >= 4 is 12.2 Å². The summed E-state index contributed by atoms with van der Waals surface area (Å²) in [4.78, 5) is 6.42. The minimum atomic E-state index is 0.465. The Bertz CT molecular complexity index is 639. The molecule has 0 bridgehead atoms. The van der Waals surface area contributed by atoms with Crippen LogP contribution in [0.1, 0.15) is 12.1 Å². The lowest BCUT2D eigenvalue weighted by atomic mass is 10.3. The maximum absolute atomic E-state index is 8.77. The van der Waals surface area contributed by atoms with Crippen LogP contribution in [-0.4, -0.2) is 30.8 Å². The number of rotatable bonds is 6. The maximum atomic E-state index is 8.77. The average Bonchev–Trinajstić information content (AvgIpc) is 2.78. The molecular formula is C13H16N6S. The number of hydrogen-bond donors (Lipinski definition) is 0. The molecule has 0 fully saturated rings. The van der Waals surface area contributed by atoms with E-state index in [0.717, 1.165) is 5.69 Å². The Morgan fingerprint density at radius 3 is 2.90 bits per heavy atom. The van der Waals surface area contributed by atoms with Crippen LogP contribution < -0.4 is 0 Å². The predicted octanol–water partition coefficient (Wildman–Crippen LogP) is 1.72. The van der Waals surface area contributed by atoms with Crippen molar-refractivity contribution in [2.24, 2.45) is 7.05 Å². The summed E-state index contributed by atoms with van der Waals surface area (Å²) in [6.45, 7) is 1.88. The lowest BCUT2D eigenvalue weighted by Gasteiger charge is -2.20. The lowest BCUT2D eigenvalue weighted by Crippen LogP contribution is -2.28. The molecule has 20 heavy (non-hydrogen) atoms. The summed E-state index contributed by atoms with van der Waals surface area (Å²) in [6, 6.07) is 7.98. The molecule has 0 saturated heterocycles. The summed E-state index contributed by atoms with van der Waals surface area (Å²) in [6.07, 6.45) is 3.92. The van der Waals surface area contributed by atoms with E-state index < -0.39 is 0 Å². The number of hydrogen-bond acceptors (Lipinski definition) is 5. The molecule has 104 valence electrons. The summed E-state index contributed by atoms with van der Waals surface area (Å²) in [5.74, 6) is 0. The van der Waals surface area contributed by atoms with Crippen LogP contribution in [-0.2, 0) is 20.3 Å². The minimum Gasteiger partial charge on any atom is -0.310 e. The Morgan fingerprint density at radius 1 is 1.45 bits per heavy atom. The van der Waals surface area contributed by atoms with Gasteiger partial charge in [-0.3, -0.25) is 9.88 Å². The third kappa shape index (κ3) is 3.73. The zero-order valence-electron chi connectivity index (χ0n) is 11.3. The second-order valence-corrected chi connectivity index (χ2v) is 4.81. The fourth-order valence-corrected chi connectivity index (χ4v) is 1.99. The molecule has 0 N–H and O–H groups in total. The van der Waals surface area contributed by atoms with Gasteiger partial charge in [-0.25, -0.2) is 4.68 Å². The van der Waals surface area contributed by atoms with Crippen molar-refractivity contribution in [1.82, 2.24) is 24.2 Å². The third-order valence-corrected chi connectivity index (χ3v) is 3.37. The van der Waals surface area contributed by atoms with Crippen LogP contribution in [0.25, 0.3) is 0 Å². The number of pyridine rings is 1. The highest BCUT2D eigenvalue weighted by molar-refractivity contribution is 7.71. The van der Waals surface area contributed by atoms with E-state index in [1.165, 1.54) is 0 Å². The Hall–Kier alpha value is -2.04. The van der Waals surface area contributed by atoms with Gasteiger partial charge in [0.05, 0.1) is 18.4 Å². The summed E-state index contributed by atoms with van der Waals surface area (Å²) in [5.41, 5.74) is 0.966. The van der Waals surface area contributed by atoms with Crippen molar-refractivity contribution in [2.75, 3.05) is 6.54 Å². The van der Waals surface area contributed by atoms with Gasteiger partial charge in [0, 0.05) is 32.8 Å². The van der Waals surface area contributed by atoms with Crippen molar-refractivity contribution < 1.29 is 0 Å². The van der Waals surface area contributed by atoms with Crippen LogP contribution in [0.3, 0.4) is 0 Å². The summed E-state index contributed by atoms with van der Waals surface area (Å²) >= 11 is 5.28. The normalized spacial score (nSPS) is 10.7. The van der Waals surface area contributed by atoms with Gasteiger partial charge in [0.15, 0.2) is 4.77 Å². The van der Waals surface area contributed by atoms with Crippen molar-refractivity contribution in [1.29, 1.82) is 5.26 Å². The second kappa shape index (κ2) is 6.93. The van der Waals surface area contributed by atoms with Crippen LogP contribution >= 0.6 is 12.2 Å². The highest BCUT2D eigenvalue weighted by Crippen LogP contribution is 2.04. The minimum absolute atomic E-state index is 0.465. The number of aryl methyl sites for hydroxylation is 1. The van der Waals surface area contributed by atoms with E-state index in [9.17, 15) is 0 Å².